The fourth-order valence-corrected chi connectivity index (χ4v) is 3.34. The van der Waals surface area contributed by atoms with Gasteiger partial charge in [-0.05, 0) is 55.2 Å². The number of rotatable bonds is 5. The number of halogens is 1. The summed E-state index contributed by atoms with van der Waals surface area (Å²) in [5.41, 5.74) is 2.62. The van der Waals surface area contributed by atoms with Crippen LogP contribution >= 0.6 is 11.6 Å². The molecule has 0 aliphatic heterocycles. The molecular weight excluding hydrogens is 348 g/mol. The molecule has 26 heavy (non-hydrogen) atoms. The molecule has 1 unspecified atom stereocenters. The number of carbonyl (C=O) groups is 1. The van der Waals surface area contributed by atoms with Crippen molar-refractivity contribution in [1.82, 2.24) is 20.1 Å². The first-order valence-electron chi connectivity index (χ1n) is 8.60. The van der Waals surface area contributed by atoms with Crippen molar-refractivity contribution in [2.45, 2.75) is 31.2 Å². The molecule has 1 aromatic heterocycles. The standard InChI is InChI=1S/C20H19ClN4O/c1-14(15-2-8-18(9-3-15)25-13-22-12-23-25)24-19(26)20(10-11-20)16-4-6-17(21)7-5-16/h2-9,12-14H,10-11H2,1H3,(H,24,26). The third kappa shape index (κ3) is 3.10. The van der Waals surface area contributed by atoms with E-state index in [1.165, 1.54) is 6.33 Å². The Morgan fingerprint density at radius 2 is 1.85 bits per heavy atom. The molecule has 0 bridgehead atoms. The van der Waals surface area contributed by atoms with Gasteiger partial charge in [-0.15, -0.1) is 0 Å². The van der Waals surface area contributed by atoms with Crippen molar-refractivity contribution in [3.8, 4) is 5.69 Å². The summed E-state index contributed by atoms with van der Waals surface area (Å²) >= 11 is 5.97. The van der Waals surface area contributed by atoms with E-state index in [-0.39, 0.29) is 11.9 Å². The first-order chi connectivity index (χ1) is 12.6. The molecule has 0 radical (unpaired) electrons. The Hall–Kier alpha value is -2.66. The predicted molar refractivity (Wildman–Crippen MR) is 100 cm³/mol. The number of nitrogens with one attached hydrogen (secondary N) is 1. The summed E-state index contributed by atoms with van der Waals surface area (Å²) in [5, 5.41) is 7.96. The molecule has 1 aliphatic rings. The van der Waals surface area contributed by atoms with Gasteiger partial charge in [0.2, 0.25) is 5.91 Å². The molecular formula is C20H19ClN4O. The number of benzene rings is 2. The van der Waals surface area contributed by atoms with E-state index in [2.05, 4.69) is 15.4 Å². The van der Waals surface area contributed by atoms with Crippen molar-refractivity contribution in [2.75, 3.05) is 0 Å². The molecule has 1 amide bonds. The molecule has 132 valence electrons. The smallest absolute Gasteiger partial charge is 0.231 e. The van der Waals surface area contributed by atoms with E-state index in [4.69, 9.17) is 11.6 Å². The lowest BCUT2D eigenvalue weighted by atomic mass is 9.94. The van der Waals surface area contributed by atoms with Gasteiger partial charge in [0.15, 0.2) is 0 Å². The maximum atomic E-state index is 12.9. The first kappa shape index (κ1) is 16.8. The Labute approximate surface area is 157 Å². The van der Waals surface area contributed by atoms with Gasteiger partial charge in [-0.2, -0.15) is 5.10 Å². The quantitative estimate of drug-likeness (QED) is 0.746. The highest BCUT2D eigenvalue weighted by Gasteiger charge is 2.51. The second kappa shape index (κ2) is 6.57. The summed E-state index contributed by atoms with van der Waals surface area (Å²) in [4.78, 5) is 16.8. The normalized spacial score (nSPS) is 16.1. The van der Waals surface area contributed by atoms with E-state index in [0.29, 0.717) is 5.02 Å². The van der Waals surface area contributed by atoms with E-state index in [9.17, 15) is 4.79 Å². The van der Waals surface area contributed by atoms with Gasteiger partial charge in [-0.25, -0.2) is 9.67 Å². The lowest BCUT2D eigenvalue weighted by Gasteiger charge is -2.20. The largest absolute Gasteiger partial charge is 0.349 e. The Morgan fingerprint density at radius 3 is 2.42 bits per heavy atom. The average molecular weight is 367 g/mol. The fraction of sp³-hybridized carbons (Fsp3) is 0.250. The van der Waals surface area contributed by atoms with Crippen molar-refractivity contribution >= 4 is 17.5 Å². The molecule has 0 saturated heterocycles. The van der Waals surface area contributed by atoms with Crippen LogP contribution in [0.4, 0.5) is 0 Å². The second-order valence-corrected chi connectivity index (χ2v) is 7.15. The molecule has 4 rings (SSSR count). The van der Waals surface area contributed by atoms with Gasteiger partial charge < -0.3 is 5.32 Å². The predicted octanol–water partition coefficient (Wildman–Crippen LogP) is 3.83. The minimum atomic E-state index is -0.403. The molecule has 5 nitrogen and oxygen atoms in total. The number of aromatic nitrogens is 3. The van der Waals surface area contributed by atoms with E-state index in [1.807, 2.05) is 55.5 Å². The van der Waals surface area contributed by atoms with Gasteiger partial charge in [0.25, 0.3) is 0 Å². The molecule has 0 spiro atoms. The van der Waals surface area contributed by atoms with E-state index >= 15 is 0 Å². The number of hydrogen-bond acceptors (Lipinski definition) is 3. The van der Waals surface area contributed by atoms with Crippen LogP contribution in [0.1, 0.15) is 36.9 Å². The van der Waals surface area contributed by atoms with Gasteiger partial charge in [-0.3, -0.25) is 4.79 Å². The van der Waals surface area contributed by atoms with E-state index in [0.717, 1.165) is 29.7 Å². The lowest BCUT2D eigenvalue weighted by Crippen LogP contribution is -2.36. The zero-order valence-electron chi connectivity index (χ0n) is 14.4. The zero-order chi connectivity index (χ0) is 18.1. The first-order valence-corrected chi connectivity index (χ1v) is 8.98. The number of carbonyl (C=O) groups excluding carboxylic acids is 1. The number of hydrogen-bond donors (Lipinski definition) is 1. The molecule has 1 atom stereocenters. The van der Waals surface area contributed by atoms with Crippen LogP contribution in [0.25, 0.3) is 5.69 Å². The maximum Gasteiger partial charge on any atom is 0.231 e. The summed E-state index contributed by atoms with van der Waals surface area (Å²) in [5.74, 6) is 0.0766. The van der Waals surface area contributed by atoms with Gasteiger partial charge in [-0.1, -0.05) is 35.9 Å². The van der Waals surface area contributed by atoms with Crippen LogP contribution in [-0.4, -0.2) is 20.7 Å². The highest BCUT2D eigenvalue weighted by atomic mass is 35.5. The van der Waals surface area contributed by atoms with Crippen LogP contribution in [-0.2, 0) is 10.2 Å². The van der Waals surface area contributed by atoms with Crippen LogP contribution < -0.4 is 5.32 Å². The Kier molecular flexibility index (Phi) is 4.24. The van der Waals surface area contributed by atoms with Crippen molar-refractivity contribution in [3.63, 3.8) is 0 Å². The summed E-state index contributed by atoms with van der Waals surface area (Å²) in [6.07, 6.45) is 4.91. The topological polar surface area (TPSA) is 59.8 Å². The van der Waals surface area contributed by atoms with E-state index in [1.54, 1.807) is 11.0 Å². The maximum absolute atomic E-state index is 12.9. The van der Waals surface area contributed by atoms with Crippen LogP contribution in [0.2, 0.25) is 5.02 Å². The second-order valence-electron chi connectivity index (χ2n) is 6.72. The number of amides is 1. The average Bonchev–Trinajstić information content (AvgIpc) is 3.29. The van der Waals surface area contributed by atoms with E-state index < -0.39 is 5.41 Å². The van der Waals surface area contributed by atoms with Crippen LogP contribution in [0, 0.1) is 0 Å². The summed E-state index contributed by atoms with van der Waals surface area (Å²) in [6.45, 7) is 2.00. The highest BCUT2D eigenvalue weighted by molar-refractivity contribution is 6.30. The lowest BCUT2D eigenvalue weighted by molar-refractivity contribution is -0.124. The Bertz CT molecular complexity index is 900. The molecule has 1 aliphatic carbocycles. The molecule has 1 saturated carbocycles. The molecule has 6 heteroatoms. The molecule has 3 aromatic rings. The molecule has 2 aromatic carbocycles. The van der Waals surface area contributed by atoms with Crippen molar-refractivity contribution in [3.05, 3.63) is 77.3 Å². The third-order valence-corrected chi connectivity index (χ3v) is 5.26. The van der Waals surface area contributed by atoms with Crippen LogP contribution in [0.5, 0.6) is 0 Å². The van der Waals surface area contributed by atoms with Gasteiger partial charge in [0, 0.05) is 5.02 Å². The Balaban J connectivity index is 1.46. The molecule has 1 fully saturated rings. The number of nitrogens with zero attached hydrogens (tertiary/aromatic N) is 3. The highest BCUT2D eigenvalue weighted by Crippen LogP contribution is 2.48. The van der Waals surface area contributed by atoms with Crippen molar-refractivity contribution in [2.24, 2.45) is 0 Å². The van der Waals surface area contributed by atoms with Crippen molar-refractivity contribution < 1.29 is 4.79 Å². The SMILES string of the molecule is CC(NC(=O)C1(c2ccc(Cl)cc2)CC1)c1ccc(-n2cncn2)cc1. The zero-order valence-corrected chi connectivity index (χ0v) is 15.1. The van der Waals surface area contributed by atoms with Crippen LogP contribution in [0.3, 0.4) is 0 Å². The summed E-state index contributed by atoms with van der Waals surface area (Å²) in [7, 11) is 0. The fourth-order valence-electron chi connectivity index (χ4n) is 3.22. The minimum Gasteiger partial charge on any atom is -0.349 e. The van der Waals surface area contributed by atoms with Gasteiger partial charge in [0.1, 0.15) is 12.7 Å². The van der Waals surface area contributed by atoms with Gasteiger partial charge >= 0.3 is 0 Å². The minimum absolute atomic E-state index is 0.0722. The monoisotopic (exact) mass is 366 g/mol. The Morgan fingerprint density at radius 1 is 1.15 bits per heavy atom. The summed E-state index contributed by atoms with van der Waals surface area (Å²) < 4.78 is 1.70. The van der Waals surface area contributed by atoms with Crippen molar-refractivity contribution in [1.29, 1.82) is 0 Å². The molecule has 1 N–H and O–H groups in total. The molecule has 1 heterocycles. The van der Waals surface area contributed by atoms with Gasteiger partial charge in [0.05, 0.1) is 17.1 Å². The van der Waals surface area contributed by atoms with Crippen LogP contribution in [0.15, 0.2) is 61.2 Å². The summed E-state index contributed by atoms with van der Waals surface area (Å²) in [6, 6.07) is 15.5. The third-order valence-electron chi connectivity index (χ3n) is 5.01.